The maximum Gasteiger partial charge on any atom is 0.250 e. The van der Waals surface area contributed by atoms with E-state index in [1.165, 1.54) is 0 Å². The van der Waals surface area contributed by atoms with Crippen LogP contribution >= 0.6 is 0 Å². The second kappa shape index (κ2) is 6.61. The number of carbonyl (C=O) groups is 2. The maximum absolute atomic E-state index is 12.2. The van der Waals surface area contributed by atoms with Crippen molar-refractivity contribution in [3.63, 3.8) is 0 Å². The first-order chi connectivity index (χ1) is 12.6. The van der Waals surface area contributed by atoms with Gasteiger partial charge in [-0.1, -0.05) is 12.1 Å². The van der Waals surface area contributed by atoms with Gasteiger partial charge in [-0.25, -0.2) is 4.68 Å². The van der Waals surface area contributed by atoms with Crippen molar-refractivity contribution in [2.75, 3.05) is 18.4 Å². The summed E-state index contributed by atoms with van der Waals surface area (Å²) in [7, 11) is 0. The fourth-order valence-corrected chi connectivity index (χ4v) is 3.20. The minimum Gasteiger partial charge on any atom is -0.366 e. The normalized spacial score (nSPS) is 16.7. The average Bonchev–Trinajstić information content (AvgIpc) is 3.31. The summed E-state index contributed by atoms with van der Waals surface area (Å²) in [4.78, 5) is 23.7. The zero-order chi connectivity index (χ0) is 18.1. The van der Waals surface area contributed by atoms with E-state index in [1.54, 1.807) is 16.8 Å². The molecule has 4 rings (SSSR count). The number of anilines is 1. The Labute approximate surface area is 150 Å². The molecule has 0 spiro atoms. The Morgan fingerprint density at radius 3 is 2.69 bits per heavy atom. The molecule has 0 bridgehead atoms. The molecule has 2 heterocycles. The fourth-order valence-electron chi connectivity index (χ4n) is 3.20. The highest BCUT2D eigenvalue weighted by Crippen LogP contribution is 2.21. The zero-order valence-electron chi connectivity index (χ0n) is 14.1. The first kappa shape index (κ1) is 16.3. The van der Waals surface area contributed by atoms with Crippen LogP contribution in [0.5, 0.6) is 0 Å². The molecule has 1 atom stereocenters. The number of nitrogens with zero attached hydrogens (tertiary/aromatic N) is 2. The number of primary amides is 1. The van der Waals surface area contributed by atoms with Crippen LogP contribution in [0.3, 0.4) is 0 Å². The SMILES string of the molecule is NC(=O)c1cccc2cn(-c3ccc(NC(=O)C4CCNC4)cc3)nc12. The van der Waals surface area contributed by atoms with Crippen molar-refractivity contribution < 1.29 is 9.59 Å². The number of fused-ring (bicyclic) bond motifs is 1. The lowest BCUT2D eigenvalue weighted by molar-refractivity contribution is -0.119. The van der Waals surface area contributed by atoms with Crippen molar-refractivity contribution in [3.8, 4) is 5.69 Å². The summed E-state index contributed by atoms with van der Waals surface area (Å²) >= 11 is 0. The van der Waals surface area contributed by atoms with E-state index in [-0.39, 0.29) is 11.8 Å². The van der Waals surface area contributed by atoms with Crippen molar-refractivity contribution in [1.82, 2.24) is 15.1 Å². The van der Waals surface area contributed by atoms with Gasteiger partial charge in [0.1, 0.15) is 5.52 Å². The van der Waals surface area contributed by atoms with Crippen LogP contribution in [0.25, 0.3) is 16.6 Å². The van der Waals surface area contributed by atoms with E-state index in [0.717, 1.165) is 36.3 Å². The second-order valence-electron chi connectivity index (χ2n) is 6.41. The Morgan fingerprint density at radius 1 is 1.19 bits per heavy atom. The molecule has 2 amide bonds. The first-order valence-corrected chi connectivity index (χ1v) is 8.52. The van der Waals surface area contributed by atoms with Gasteiger partial charge >= 0.3 is 0 Å². The highest BCUT2D eigenvalue weighted by molar-refractivity contribution is 6.04. The van der Waals surface area contributed by atoms with E-state index in [2.05, 4.69) is 15.7 Å². The summed E-state index contributed by atoms with van der Waals surface area (Å²) in [6, 6.07) is 12.8. The summed E-state index contributed by atoms with van der Waals surface area (Å²) in [5.41, 5.74) is 7.97. The zero-order valence-corrected chi connectivity index (χ0v) is 14.1. The molecule has 2 aromatic carbocycles. The van der Waals surface area contributed by atoms with Gasteiger partial charge in [0, 0.05) is 23.8 Å². The monoisotopic (exact) mass is 349 g/mol. The van der Waals surface area contributed by atoms with E-state index in [9.17, 15) is 9.59 Å². The molecule has 132 valence electrons. The van der Waals surface area contributed by atoms with Gasteiger partial charge in [0.25, 0.3) is 5.91 Å². The average molecular weight is 349 g/mol. The van der Waals surface area contributed by atoms with Gasteiger partial charge in [0.2, 0.25) is 5.91 Å². The van der Waals surface area contributed by atoms with Crippen molar-refractivity contribution >= 4 is 28.4 Å². The van der Waals surface area contributed by atoms with Gasteiger partial charge in [-0.05, 0) is 43.3 Å². The van der Waals surface area contributed by atoms with E-state index >= 15 is 0 Å². The van der Waals surface area contributed by atoms with Gasteiger partial charge in [0.15, 0.2) is 0 Å². The maximum atomic E-state index is 12.2. The number of carbonyl (C=O) groups excluding carboxylic acids is 2. The smallest absolute Gasteiger partial charge is 0.250 e. The summed E-state index contributed by atoms with van der Waals surface area (Å²) < 4.78 is 1.70. The molecule has 1 saturated heterocycles. The molecule has 0 saturated carbocycles. The van der Waals surface area contributed by atoms with Crippen molar-refractivity contribution in [2.24, 2.45) is 11.7 Å². The lowest BCUT2D eigenvalue weighted by Crippen LogP contribution is -2.24. The topological polar surface area (TPSA) is 102 Å². The Kier molecular flexibility index (Phi) is 4.14. The van der Waals surface area contributed by atoms with Gasteiger partial charge < -0.3 is 16.4 Å². The third kappa shape index (κ3) is 3.04. The molecular weight excluding hydrogens is 330 g/mol. The van der Waals surface area contributed by atoms with Crippen molar-refractivity contribution in [1.29, 1.82) is 0 Å². The summed E-state index contributed by atoms with van der Waals surface area (Å²) in [6.45, 7) is 1.61. The van der Waals surface area contributed by atoms with Crippen LogP contribution < -0.4 is 16.4 Å². The Bertz CT molecular complexity index is 971. The van der Waals surface area contributed by atoms with E-state index < -0.39 is 5.91 Å². The Morgan fingerprint density at radius 2 is 2.00 bits per heavy atom. The predicted molar refractivity (Wildman–Crippen MR) is 99.2 cm³/mol. The van der Waals surface area contributed by atoms with Crippen LogP contribution in [0.4, 0.5) is 5.69 Å². The fraction of sp³-hybridized carbons (Fsp3) is 0.211. The van der Waals surface area contributed by atoms with Crippen LogP contribution in [0.2, 0.25) is 0 Å². The highest BCUT2D eigenvalue weighted by atomic mass is 16.2. The van der Waals surface area contributed by atoms with Crippen molar-refractivity contribution in [3.05, 3.63) is 54.2 Å². The minimum absolute atomic E-state index is 0.0262. The van der Waals surface area contributed by atoms with E-state index in [1.807, 2.05) is 36.5 Å². The van der Waals surface area contributed by atoms with Crippen LogP contribution in [0.1, 0.15) is 16.8 Å². The first-order valence-electron chi connectivity index (χ1n) is 8.52. The second-order valence-corrected chi connectivity index (χ2v) is 6.41. The number of amides is 2. The molecule has 7 nitrogen and oxygen atoms in total. The predicted octanol–water partition coefficient (Wildman–Crippen LogP) is 1.67. The number of rotatable bonds is 4. The Balaban J connectivity index is 1.57. The lowest BCUT2D eigenvalue weighted by Gasteiger charge is -2.10. The van der Waals surface area contributed by atoms with Gasteiger partial charge in [-0.15, -0.1) is 0 Å². The molecule has 1 aliphatic heterocycles. The number of nitrogens with one attached hydrogen (secondary N) is 2. The number of nitrogens with two attached hydrogens (primary N) is 1. The summed E-state index contributed by atoms with van der Waals surface area (Å²) in [5.74, 6) is -0.433. The Hall–Kier alpha value is -3.19. The van der Waals surface area contributed by atoms with Gasteiger partial charge in [0.05, 0.1) is 17.2 Å². The van der Waals surface area contributed by atoms with E-state index in [0.29, 0.717) is 11.1 Å². The largest absolute Gasteiger partial charge is 0.366 e. The molecule has 1 aromatic heterocycles. The molecule has 0 radical (unpaired) electrons. The third-order valence-electron chi connectivity index (χ3n) is 4.63. The highest BCUT2D eigenvalue weighted by Gasteiger charge is 2.22. The number of aromatic nitrogens is 2. The molecule has 3 aromatic rings. The third-order valence-corrected chi connectivity index (χ3v) is 4.63. The lowest BCUT2D eigenvalue weighted by atomic mass is 10.1. The standard InChI is InChI=1S/C19H19N5O2/c20-18(25)16-3-1-2-13-11-24(23-17(13)16)15-6-4-14(5-7-15)22-19(26)12-8-9-21-10-12/h1-7,11-12,21H,8-10H2,(H2,20,25)(H,22,26). The van der Waals surface area contributed by atoms with Crippen LogP contribution in [-0.2, 0) is 4.79 Å². The summed E-state index contributed by atoms with van der Waals surface area (Å²) in [6.07, 6.45) is 2.71. The summed E-state index contributed by atoms with van der Waals surface area (Å²) in [5, 5.41) is 11.5. The van der Waals surface area contributed by atoms with Crippen LogP contribution in [0.15, 0.2) is 48.7 Å². The van der Waals surface area contributed by atoms with Gasteiger partial charge in [-0.3, -0.25) is 9.59 Å². The van der Waals surface area contributed by atoms with Crippen LogP contribution in [0, 0.1) is 5.92 Å². The molecule has 1 fully saturated rings. The number of hydrogen-bond acceptors (Lipinski definition) is 4. The molecule has 1 aliphatic rings. The van der Waals surface area contributed by atoms with E-state index in [4.69, 9.17) is 5.73 Å². The quantitative estimate of drug-likeness (QED) is 0.667. The molecule has 1 unspecified atom stereocenters. The van der Waals surface area contributed by atoms with Gasteiger partial charge in [-0.2, -0.15) is 5.10 Å². The number of benzene rings is 2. The molecule has 26 heavy (non-hydrogen) atoms. The molecule has 0 aliphatic carbocycles. The molecule has 4 N–H and O–H groups in total. The molecule has 7 heteroatoms. The number of hydrogen-bond donors (Lipinski definition) is 3. The molecular formula is C19H19N5O2. The van der Waals surface area contributed by atoms with Crippen molar-refractivity contribution in [2.45, 2.75) is 6.42 Å². The van der Waals surface area contributed by atoms with Crippen LogP contribution in [-0.4, -0.2) is 34.7 Å². The minimum atomic E-state index is -0.500.